The molecule has 0 aliphatic heterocycles. The van der Waals surface area contributed by atoms with Crippen molar-refractivity contribution in [3.05, 3.63) is 69.7 Å². The number of hydrogen-bond acceptors (Lipinski definition) is 4. The van der Waals surface area contributed by atoms with Gasteiger partial charge in [0, 0.05) is 5.92 Å². The Morgan fingerprint density at radius 1 is 1.15 bits per heavy atom. The number of esters is 1. The maximum Gasteiger partial charge on any atom is 0.337 e. The summed E-state index contributed by atoms with van der Waals surface area (Å²) in [5.74, 6) is -1.25. The average Bonchev–Trinajstić information content (AvgIpc) is 3.47. The van der Waals surface area contributed by atoms with Crippen LogP contribution in [-0.2, 0) is 20.9 Å². The minimum Gasteiger partial charge on any atom is -0.459 e. The number of ether oxygens (including phenoxy) is 1. The zero-order valence-electron chi connectivity index (χ0n) is 14.4. The molecule has 0 aromatic heterocycles. The van der Waals surface area contributed by atoms with Gasteiger partial charge in [0.1, 0.15) is 6.61 Å². The molecule has 3 rings (SSSR count). The fourth-order valence-electron chi connectivity index (χ4n) is 2.87. The van der Waals surface area contributed by atoms with E-state index in [0.717, 1.165) is 11.1 Å². The molecule has 0 saturated heterocycles. The molecular formula is C20H19Cl2NO4. The normalized spacial score (nSPS) is 19.2. The highest BCUT2D eigenvalue weighted by molar-refractivity contribution is 6.42. The van der Waals surface area contributed by atoms with Crippen molar-refractivity contribution >= 4 is 35.1 Å². The van der Waals surface area contributed by atoms with Crippen molar-refractivity contribution in [3.8, 4) is 0 Å². The van der Waals surface area contributed by atoms with Gasteiger partial charge in [0.05, 0.1) is 16.6 Å². The van der Waals surface area contributed by atoms with E-state index in [1.807, 2.05) is 36.4 Å². The Morgan fingerprint density at radius 2 is 1.89 bits per heavy atom. The Kier molecular flexibility index (Phi) is 6.37. The smallest absolute Gasteiger partial charge is 0.337 e. The van der Waals surface area contributed by atoms with Crippen LogP contribution in [-0.4, -0.2) is 29.6 Å². The second kappa shape index (κ2) is 8.74. The Labute approximate surface area is 167 Å². The SMILES string of the molecule is O=C(OCc1ccccc1)[C@H](O)CNC(=O)[C@H]1C[C@@H]1c1cccc(Cl)c1Cl. The number of carbonyl (C=O) groups excluding carboxylic acids is 2. The summed E-state index contributed by atoms with van der Waals surface area (Å²) < 4.78 is 5.05. The van der Waals surface area contributed by atoms with E-state index < -0.39 is 12.1 Å². The van der Waals surface area contributed by atoms with Gasteiger partial charge in [-0.1, -0.05) is 65.7 Å². The van der Waals surface area contributed by atoms with Gasteiger partial charge in [0.15, 0.2) is 6.10 Å². The molecule has 1 aliphatic rings. The lowest BCUT2D eigenvalue weighted by Crippen LogP contribution is -2.38. The number of nitrogens with one attached hydrogen (secondary N) is 1. The molecular weight excluding hydrogens is 389 g/mol. The first kappa shape index (κ1) is 19.7. The number of halogens is 2. The van der Waals surface area contributed by atoms with Crippen LogP contribution in [0.2, 0.25) is 10.0 Å². The van der Waals surface area contributed by atoms with E-state index in [9.17, 15) is 14.7 Å². The third-order valence-electron chi connectivity index (χ3n) is 4.47. The van der Waals surface area contributed by atoms with E-state index in [1.54, 1.807) is 12.1 Å². The number of carbonyl (C=O) groups is 2. The van der Waals surface area contributed by atoms with E-state index >= 15 is 0 Å². The molecule has 1 fully saturated rings. The number of aliphatic hydroxyl groups excluding tert-OH is 1. The van der Waals surface area contributed by atoms with Gasteiger partial charge in [-0.15, -0.1) is 0 Å². The summed E-state index contributed by atoms with van der Waals surface area (Å²) in [6.07, 6.45) is -0.759. The van der Waals surface area contributed by atoms with Crippen LogP contribution in [0.25, 0.3) is 0 Å². The third-order valence-corrected chi connectivity index (χ3v) is 5.31. The summed E-state index contributed by atoms with van der Waals surface area (Å²) in [6, 6.07) is 14.5. The van der Waals surface area contributed by atoms with Crippen molar-refractivity contribution in [1.29, 1.82) is 0 Å². The summed E-state index contributed by atoms with van der Waals surface area (Å²) in [6.45, 7) is -0.123. The second-order valence-electron chi connectivity index (χ2n) is 6.45. The van der Waals surface area contributed by atoms with Crippen molar-refractivity contribution < 1.29 is 19.4 Å². The Bertz CT molecular complexity index is 828. The third kappa shape index (κ3) is 5.01. The molecule has 142 valence electrons. The summed E-state index contributed by atoms with van der Waals surface area (Å²) in [5, 5.41) is 13.4. The Balaban J connectivity index is 1.44. The number of rotatable bonds is 7. The van der Waals surface area contributed by atoms with Gasteiger partial charge in [-0.2, -0.15) is 0 Å². The molecule has 0 radical (unpaired) electrons. The quantitative estimate of drug-likeness (QED) is 0.690. The second-order valence-corrected chi connectivity index (χ2v) is 7.23. The van der Waals surface area contributed by atoms with E-state index in [4.69, 9.17) is 27.9 Å². The lowest BCUT2D eigenvalue weighted by atomic mass is 10.1. The molecule has 1 aliphatic carbocycles. The van der Waals surface area contributed by atoms with Crippen LogP contribution in [0.3, 0.4) is 0 Å². The van der Waals surface area contributed by atoms with Gasteiger partial charge >= 0.3 is 5.97 Å². The number of benzene rings is 2. The van der Waals surface area contributed by atoms with Gasteiger partial charge in [-0.3, -0.25) is 4.79 Å². The average molecular weight is 408 g/mol. The molecule has 1 saturated carbocycles. The van der Waals surface area contributed by atoms with Gasteiger partial charge in [0.2, 0.25) is 5.91 Å². The van der Waals surface area contributed by atoms with Crippen LogP contribution >= 0.6 is 23.2 Å². The van der Waals surface area contributed by atoms with Crippen LogP contribution in [0.1, 0.15) is 23.5 Å². The van der Waals surface area contributed by atoms with Gasteiger partial charge in [0.25, 0.3) is 0 Å². The maximum atomic E-state index is 12.2. The molecule has 2 N–H and O–H groups in total. The van der Waals surface area contributed by atoms with Crippen LogP contribution in [0.15, 0.2) is 48.5 Å². The highest BCUT2D eigenvalue weighted by Gasteiger charge is 2.45. The lowest BCUT2D eigenvalue weighted by molar-refractivity contribution is -0.154. The zero-order chi connectivity index (χ0) is 19.4. The standard InChI is InChI=1S/C20H19Cl2NO4/c21-16-8-4-7-13(18(16)22)14-9-15(14)19(25)23-10-17(24)20(26)27-11-12-5-2-1-3-6-12/h1-8,14-15,17,24H,9-11H2,(H,23,25)/t14-,15+,17-/m1/s1. The minimum atomic E-state index is -1.41. The molecule has 7 heteroatoms. The lowest BCUT2D eigenvalue weighted by Gasteiger charge is -2.12. The van der Waals surface area contributed by atoms with Gasteiger partial charge in [-0.25, -0.2) is 4.79 Å². The predicted octanol–water partition coefficient (Wildman–Crippen LogP) is 3.32. The molecule has 5 nitrogen and oxygen atoms in total. The first-order valence-electron chi connectivity index (χ1n) is 8.57. The molecule has 0 spiro atoms. The van der Waals surface area contributed by atoms with E-state index in [-0.39, 0.29) is 30.9 Å². The molecule has 0 bridgehead atoms. The summed E-state index contributed by atoms with van der Waals surface area (Å²) >= 11 is 12.2. The van der Waals surface area contributed by atoms with Crippen molar-refractivity contribution in [2.24, 2.45) is 5.92 Å². The van der Waals surface area contributed by atoms with Gasteiger partial charge in [-0.05, 0) is 29.5 Å². The zero-order valence-corrected chi connectivity index (χ0v) is 15.9. The van der Waals surface area contributed by atoms with Crippen LogP contribution < -0.4 is 5.32 Å². The van der Waals surface area contributed by atoms with E-state index in [0.29, 0.717) is 16.5 Å². The van der Waals surface area contributed by atoms with Gasteiger partial charge < -0.3 is 15.2 Å². The largest absolute Gasteiger partial charge is 0.459 e. The fraction of sp³-hybridized carbons (Fsp3) is 0.300. The molecule has 0 unspecified atom stereocenters. The monoisotopic (exact) mass is 407 g/mol. The van der Waals surface area contributed by atoms with E-state index in [1.165, 1.54) is 0 Å². The highest BCUT2D eigenvalue weighted by Crippen LogP contribution is 2.50. The van der Waals surface area contributed by atoms with Crippen LogP contribution in [0.5, 0.6) is 0 Å². The number of aliphatic hydroxyl groups is 1. The van der Waals surface area contributed by atoms with Crippen molar-refractivity contribution in [3.63, 3.8) is 0 Å². The number of amides is 1. The fourth-order valence-corrected chi connectivity index (χ4v) is 3.32. The number of hydrogen-bond donors (Lipinski definition) is 2. The summed E-state index contributed by atoms with van der Waals surface area (Å²) in [5.41, 5.74) is 1.66. The summed E-state index contributed by atoms with van der Waals surface area (Å²) in [7, 11) is 0. The van der Waals surface area contributed by atoms with Crippen molar-refractivity contribution in [2.45, 2.75) is 25.0 Å². The Hall–Kier alpha value is -2.08. The predicted molar refractivity (Wildman–Crippen MR) is 103 cm³/mol. The van der Waals surface area contributed by atoms with Crippen molar-refractivity contribution in [2.75, 3.05) is 6.54 Å². The molecule has 27 heavy (non-hydrogen) atoms. The topological polar surface area (TPSA) is 75.6 Å². The van der Waals surface area contributed by atoms with Crippen LogP contribution in [0.4, 0.5) is 0 Å². The molecule has 2 aromatic carbocycles. The first-order valence-corrected chi connectivity index (χ1v) is 9.33. The highest BCUT2D eigenvalue weighted by atomic mass is 35.5. The van der Waals surface area contributed by atoms with Crippen LogP contribution in [0, 0.1) is 5.92 Å². The van der Waals surface area contributed by atoms with E-state index in [2.05, 4.69) is 5.32 Å². The molecule has 2 aromatic rings. The molecule has 3 atom stereocenters. The molecule has 1 amide bonds. The molecule has 0 heterocycles. The Morgan fingerprint density at radius 3 is 2.63 bits per heavy atom. The maximum absolute atomic E-state index is 12.2. The summed E-state index contributed by atoms with van der Waals surface area (Å²) in [4.78, 5) is 24.1. The van der Waals surface area contributed by atoms with Crippen molar-refractivity contribution in [1.82, 2.24) is 5.32 Å². The minimum absolute atomic E-state index is 0.00150. The first-order chi connectivity index (χ1) is 13.0.